The SMILES string of the molecule is O=C(N[C@@H](CC1CCCCC1)C(=O)O)OCC(Cl)(Cl)Cl. The zero-order valence-electron chi connectivity index (χ0n) is 10.9. The first-order valence-electron chi connectivity index (χ1n) is 6.51. The van der Waals surface area contributed by atoms with E-state index in [4.69, 9.17) is 39.9 Å². The van der Waals surface area contributed by atoms with E-state index in [0.29, 0.717) is 12.3 Å². The molecule has 8 heteroatoms. The molecule has 0 aromatic rings. The molecule has 5 nitrogen and oxygen atoms in total. The Balaban J connectivity index is 2.41. The Morgan fingerprint density at radius 1 is 1.25 bits per heavy atom. The van der Waals surface area contributed by atoms with Crippen LogP contribution in [0.25, 0.3) is 0 Å². The number of hydrogen-bond donors (Lipinski definition) is 2. The van der Waals surface area contributed by atoms with Crippen LogP contribution in [-0.2, 0) is 9.53 Å². The van der Waals surface area contributed by atoms with Gasteiger partial charge in [0.25, 0.3) is 0 Å². The molecule has 1 amide bonds. The largest absolute Gasteiger partial charge is 0.480 e. The Kier molecular flexibility index (Phi) is 7.20. The number of carbonyl (C=O) groups is 2. The summed E-state index contributed by atoms with van der Waals surface area (Å²) < 4.78 is 2.96. The lowest BCUT2D eigenvalue weighted by atomic mass is 9.85. The number of aliphatic carboxylic acids is 1. The fourth-order valence-electron chi connectivity index (χ4n) is 2.31. The Hall–Kier alpha value is -0.390. The quantitative estimate of drug-likeness (QED) is 0.747. The number of carboxylic acid groups (broad SMARTS) is 1. The summed E-state index contributed by atoms with van der Waals surface area (Å²) in [6.07, 6.45) is 4.90. The van der Waals surface area contributed by atoms with Gasteiger partial charge in [-0.2, -0.15) is 0 Å². The lowest BCUT2D eigenvalue weighted by molar-refractivity contribution is -0.139. The highest BCUT2D eigenvalue weighted by Gasteiger charge is 2.27. The van der Waals surface area contributed by atoms with Gasteiger partial charge in [0.1, 0.15) is 12.6 Å². The van der Waals surface area contributed by atoms with Gasteiger partial charge in [0.15, 0.2) is 0 Å². The fraction of sp³-hybridized carbons (Fsp3) is 0.833. The van der Waals surface area contributed by atoms with Gasteiger partial charge in [0.05, 0.1) is 0 Å². The van der Waals surface area contributed by atoms with Crippen molar-refractivity contribution in [3.8, 4) is 0 Å². The summed E-state index contributed by atoms with van der Waals surface area (Å²) in [7, 11) is 0. The minimum Gasteiger partial charge on any atom is -0.480 e. The molecule has 0 aromatic carbocycles. The second-order valence-electron chi connectivity index (χ2n) is 4.97. The summed E-state index contributed by atoms with van der Waals surface area (Å²) in [5.74, 6) is -0.764. The van der Waals surface area contributed by atoms with Gasteiger partial charge >= 0.3 is 12.1 Å². The van der Waals surface area contributed by atoms with Crippen LogP contribution in [0.5, 0.6) is 0 Å². The molecule has 116 valence electrons. The van der Waals surface area contributed by atoms with Crippen molar-refractivity contribution < 1.29 is 19.4 Å². The minimum absolute atomic E-state index is 0.318. The topological polar surface area (TPSA) is 75.6 Å². The zero-order chi connectivity index (χ0) is 15.2. The molecular formula is C12H18Cl3NO4. The Labute approximate surface area is 132 Å². The number of amides is 1. The standard InChI is InChI=1S/C12H18Cl3NO4/c13-12(14,15)7-20-11(19)16-9(10(17)18)6-8-4-2-1-3-5-8/h8-9H,1-7H2,(H,16,19)(H,17,18)/t9-/m0/s1. The molecule has 0 radical (unpaired) electrons. The van der Waals surface area contributed by atoms with Crippen molar-refractivity contribution in [2.24, 2.45) is 5.92 Å². The van der Waals surface area contributed by atoms with Gasteiger partial charge < -0.3 is 15.2 Å². The average Bonchev–Trinajstić information content (AvgIpc) is 2.36. The summed E-state index contributed by atoms with van der Waals surface area (Å²) >= 11 is 16.3. The molecule has 0 spiro atoms. The number of alkyl carbamates (subject to hydrolysis) is 1. The molecule has 1 aliphatic carbocycles. The van der Waals surface area contributed by atoms with Crippen LogP contribution in [0.15, 0.2) is 0 Å². The summed E-state index contributed by atoms with van der Waals surface area (Å²) in [5.41, 5.74) is 0. The predicted molar refractivity (Wildman–Crippen MR) is 77.4 cm³/mol. The first kappa shape index (κ1) is 17.7. The van der Waals surface area contributed by atoms with Gasteiger partial charge in [0, 0.05) is 0 Å². The van der Waals surface area contributed by atoms with E-state index in [9.17, 15) is 9.59 Å². The molecule has 0 saturated heterocycles. The second-order valence-corrected chi connectivity index (χ2v) is 7.48. The van der Waals surface area contributed by atoms with Crippen molar-refractivity contribution in [2.75, 3.05) is 6.61 Å². The minimum atomic E-state index is -1.71. The zero-order valence-corrected chi connectivity index (χ0v) is 13.2. The van der Waals surface area contributed by atoms with Crippen LogP contribution in [0.4, 0.5) is 4.79 Å². The highest BCUT2D eigenvalue weighted by molar-refractivity contribution is 6.67. The fourth-order valence-corrected chi connectivity index (χ4v) is 2.47. The van der Waals surface area contributed by atoms with Gasteiger partial charge in [0.2, 0.25) is 3.79 Å². The van der Waals surface area contributed by atoms with Crippen LogP contribution >= 0.6 is 34.8 Å². The number of nitrogens with one attached hydrogen (secondary N) is 1. The number of ether oxygens (including phenoxy) is 1. The lowest BCUT2D eigenvalue weighted by Crippen LogP contribution is -2.43. The van der Waals surface area contributed by atoms with Crippen LogP contribution in [0.3, 0.4) is 0 Å². The van der Waals surface area contributed by atoms with Crippen molar-refractivity contribution in [1.82, 2.24) is 5.32 Å². The number of carbonyl (C=O) groups excluding carboxylic acids is 1. The highest BCUT2D eigenvalue weighted by atomic mass is 35.6. The molecule has 1 fully saturated rings. The number of hydrogen-bond acceptors (Lipinski definition) is 3. The maximum atomic E-state index is 11.5. The smallest absolute Gasteiger partial charge is 0.407 e. The number of carboxylic acids is 1. The van der Waals surface area contributed by atoms with Crippen LogP contribution in [0.2, 0.25) is 0 Å². The van der Waals surface area contributed by atoms with E-state index >= 15 is 0 Å². The van der Waals surface area contributed by atoms with Crippen molar-refractivity contribution in [2.45, 2.75) is 48.4 Å². The molecule has 20 heavy (non-hydrogen) atoms. The average molecular weight is 347 g/mol. The van der Waals surface area contributed by atoms with Crippen molar-refractivity contribution >= 4 is 46.9 Å². The predicted octanol–water partition coefficient (Wildman–Crippen LogP) is 3.51. The summed E-state index contributed by atoms with van der Waals surface area (Å²) in [4.78, 5) is 22.6. The molecule has 2 N–H and O–H groups in total. The molecule has 1 aliphatic rings. The molecule has 1 atom stereocenters. The lowest BCUT2D eigenvalue weighted by Gasteiger charge is -2.25. The third-order valence-electron chi connectivity index (χ3n) is 3.25. The first-order chi connectivity index (χ1) is 9.28. The van der Waals surface area contributed by atoms with Crippen molar-refractivity contribution in [3.63, 3.8) is 0 Å². The normalized spacial score (nSPS) is 18.4. The molecule has 1 rings (SSSR count). The number of alkyl halides is 3. The van der Waals surface area contributed by atoms with Gasteiger partial charge in [-0.1, -0.05) is 66.9 Å². The van der Waals surface area contributed by atoms with Crippen LogP contribution in [0, 0.1) is 5.92 Å². The molecule has 0 bridgehead atoms. The van der Waals surface area contributed by atoms with Crippen LogP contribution in [0.1, 0.15) is 38.5 Å². The third-order valence-corrected chi connectivity index (χ3v) is 3.58. The van der Waals surface area contributed by atoms with E-state index in [2.05, 4.69) is 10.1 Å². The van der Waals surface area contributed by atoms with Crippen LogP contribution < -0.4 is 5.32 Å². The van der Waals surface area contributed by atoms with Gasteiger partial charge in [-0.3, -0.25) is 0 Å². The maximum absolute atomic E-state index is 11.5. The van der Waals surface area contributed by atoms with E-state index in [0.717, 1.165) is 25.7 Å². The Morgan fingerprint density at radius 3 is 2.35 bits per heavy atom. The Morgan fingerprint density at radius 2 is 1.85 bits per heavy atom. The van der Waals surface area contributed by atoms with Crippen molar-refractivity contribution in [1.29, 1.82) is 0 Å². The Bertz CT molecular complexity index is 340. The van der Waals surface area contributed by atoms with Crippen LogP contribution in [-0.4, -0.2) is 33.6 Å². The first-order valence-corrected chi connectivity index (χ1v) is 7.64. The maximum Gasteiger partial charge on any atom is 0.407 e. The summed E-state index contributed by atoms with van der Waals surface area (Å²) in [6.45, 7) is -0.431. The molecular weight excluding hydrogens is 328 g/mol. The van der Waals surface area contributed by atoms with Gasteiger partial charge in [-0.05, 0) is 12.3 Å². The van der Waals surface area contributed by atoms with E-state index in [1.165, 1.54) is 6.42 Å². The number of halogens is 3. The molecule has 0 unspecified atom stereocenters. The van der Waals surface area contributed by atoms with Gasteiger partial charge in [-0.15, -0.1) is 0 Å². The van der Waals surface area contributed by atoms with E-state index in [1.807, 2.05) is 0 Å². The molecule has 0 aromatic heterocycles. The number of rotatable bonds is 5. The van der Waals surface area contributed by atoms with Crippen molar-refractivity contribution in [3.05, 3.63) is 0 Å². The molecule has 0 heterocycles. The third kappa shape index (κ3) is 7.41. The second kappa shape index (κ2) is 8.15. The van der Waals surface area contributed by atoms with E-state index in [-0.39, 0.29) is 0 Å². The highest BCUT2D eigenvalue weighted by Crippen LogP contribution is 2.28. The summed E-state index contributed by atoms with van der Waals surface area (Å²) in [5, 5.41) is 11.4. The van der Waals surface area contributed by atoms with Gasteiger partial charge in [-0.25, -0.2) is 9.59 Å². The van der Waals surface area contributed by atoms with E-state index < -0.39 is 28.5 Å². The van der Waals surface area contributed by atoms with E-state index in [1.54, 1.807) is 0 Å². The monoisotopic (exact) mass is 345 g/mol. The molecule has 0 aliphatic heterocycles. The molecule has 1 saturated carbocycles. The summed E-state index contributed by atoms with van der Waals surface area (Å²) in [6, 6.07) is -0.971.